The number of carbonyl (C=O) groups is 1. The van der Waals surface area contributed by atoms with Crippen LogP contribution < -0.4 is 5.73 Å². The lowest BCUT2D eigenvalue weighted by Gasteiger charge is -2.25. The molecule has 0 saturated carbocycles. The summed E-state index contributed by atoms with van der Waals surface area (Å²) in [6, 6.07) is 8.04. The second-order valence-corrected chi connectivity index (χ2v) is 5.96. The first-order chi connectivity index (χ1) is 10.1. The van der Waals surface area contributed by atoms with Crippen LogP contribution in [0.1, 0.15) is 23.3 Å². The van der Waals surface area contributed by atoms with E-state index in [0.29, 0.717) is 17.4 Å². The molecule has 112 valence electrons. The fraction of sp³-hybridized carbons (Fsp3) is 0.438. The highest BCUT2D eigenvalue weighted by Gasteiger charge is 2.24. The number of rotatable bonds is 3. The van der Waals surface area contributed by atoms with Crippen LogP contribution in [0.15, 0.2) is 24.3 Å². The molecule has 21 heavy (non-hydrogen) atoms. The minimum atomic E-state index is 0.0194. The zero-order valence-electron chi connectivity index (χ0n) is 12.6. The Morgan fingerprint density at radius 3 is 3.00 bits per heavy atom. The van der Waals surface area contributed by atoms with Gasteiger partial charge >= 0.3 is 0 Å². The van der Waals surface area contributed by atoms with Crippen molar-refractivity contribution in [1.29, 1.82) is 0 Å². The summed E-state index contributed by atoms with van der Waals surface area (Å²) in [6.45, 7) is 1.88. The lowest BCUT2D eigenvalue weighted by Crippen LogP contribution is -2.39. The van der Waals surface area contributed by atoms with Crippen LogP contribution in [0.3, 0.4) is 0 Å². The highest BCUT2D eigenvalue weighted by Crippen LogP contribution is 2.22. The molecule has 1 aromatic carbocycles. The number of hydrogen-bond donors (Lipinski definition) is 2. The number of hydrogen-bond acceptors (Lipinski definition) is 3. The summed E-state index contributed by atoms with van der Waals surface area (Å²) >= 11 is 0. The van der Waals surface area contributed by atoms with Crippen LogP contribution in [0.2, 0.25) is 0 Å². The van der Waals surface area contributed by atoms with Gasteiger partial charge in [0.25, 0.3) is 5.91 Å². The molecule has 0 aliphatic carbocycles. The number of aromatic nitrogens is 1. The van der Waals surface area contributed by atoms with Gasteiger partial charge in [-0.05, 0) is 38.6 Å². The number of carbonyl (C=O) groups excluding carboxylic acids is 1. The molecule has 5 heteroatoms. The number of nitrogens with two attached hydrogens (primary N) is 1. The van der Waals surface area contributed by atoms with E-state index in [1.807, 2.05) is 31.3 Å². The summed E-state index contributed by atoms with van der Waals surface area (Å²) in [5.41, 5.74) is 8.05. The van der Waals surface area contributed by atoms with E-state index in [2.05, 4.69) is 16.9 Å². The monoisotopic (exact) mass is 286 g/mol. The van der Waals surface area contributed by atoms with Crippen molar-refractivity contribution in [3.05, 3.63) is 30.0 Å². The van der Waals surface area contributed by atoms with Gasteiger partial charge in [0.1, 0.15) is 5.69 Å². The summed E-state index contributed by atoms with van der Waals surface area (Å²) in [6.07, 6.45) is 2.37. The van der Waals surface area contributed by atoms with Crippen LogP contribution in [0.25, 0.3) is 10.9 Å². The van der Waals surface area contributed by atoms with E-state index in [-0.39, 0.29) is 5.91 Å². The first-order valence-corrected chi connectivity index (χ1v) is 7.39. The normalized spacial score (nSPS) is 19.2. The molecule has 1 unspecified atom stereocenters. The Kier molecular flexibility index (Phi) is 3.59. The number of amides is 1. The Labute approximate surface area is 124 Å². The molecule has 1 aliphatic rings. The molecular formula is C16H22N4O. The van der Waals surface area contributed by atoms with Gasteiger partial charge in [-0.2, -0.15) is 0 Å². The van der Waals surface area contributed by atoms with Crippen LogP contribution in [0.5, 0.6) is 0 Å². The number of nitrogen functional groups attached to an aromatic ring is 1. The Bertz CT molecular complexity index is 663. The molecule has 5 nitrogen and oxygen atoms in total. The van der Waals surface area contributed by atoms with Crippen LogP contribution >= 0.6 is 0 Å². The second-order valence-electron chi connectivity index (χ2n) is 5.96. The Morgan fingerprint density at radius 1 is 1.52 bits per heavy atom. The van der Waals surface area contributed by atoms with Gasteiger partial charge in [-0.25, -0.2) is 0 Å². The van der Waals surface area contributed by atoms with E-state index in [1.54, 1.807) is 4.90 Å². The van der Waals surface area contributed by atoms with Crippen molar-refractivity contribution in [2.45, 2.75) is 18.9 Å². The minimum Gasteiger partial charge on any atom is -0.397 e. The molecule has 1 aromatic heterocycles. The first-order valence-electron chi connectivity index (χ1n) is 7.39. The first kappa shape index (κ1) is 13.9. The predicted octanol–water partition coefficient (Wildman–Crippen LogP) is 1.92. The van der Waals surface area contributed by atoms with E-state index in [1.165, 1.54) is 6.42 Å². The van der Waals surface area contributed by atoms with Crippen LogP contribution in [0.4, 0.5) is 5.69 Å². The summed E-state index contributed by atoms with van der Waals surface area (Å²) in [5.74, 6) is 0.0194. The molecule has 0 spiro atoms. The van der Waals surface area contributed by atoms with Gasteiger partial charge in [0.15, 0.2) is 0 Å². The maximum absolute atomic E-state index is 12.6. The summed E-state index contributed by atoms with van der Waals surface area (Å²) in [7, 11) is 3.99. The third-order valence-electron chi connectivity index (χ3n) is 4.42. The summed E-state index contributed by atoms with van der Waals surface area (Å²) < 4.78 is 0. The Hall–Kier alpha value is -2.01. The molecule has 1 atom stereocenters. The number of benzene rings is 1. The lowest BCUT2D eigenvalue weighted by molar-refractivity contribution is 0.0756. The number of para-hydroxylation sites is 1. The van der Waals surface area contributed by atoms with E-state index in [4.69, 9.17) is 5.73 Å². The quantitative estimate of drug-likeness (QED) is 0.847. The Balaban J connectivity index is 1.78. The van der Waals surface area contributed by atoms with Crippen molar-refractivity contribution in [3.8, 4) is 0 Å². The van der Waals surface area contributed by atoms with E-state index in [0.717, 1.165) is 30.4 Å². The summed E-state index contributed by atoms with van der Waals surface area (Å²) in [5, 5.41) is 0.977. The number of fused-ring (bicyclic) bond motifs is 1. The predicted molar refractivity (Wildman–Crippen MR) is 85.3 cm³/mol. The van der Waals surface area contributed by atoms with Gasteiger partial charge in [0.2, 0.25) is 0 Å². The fourth-order valence-corrected chi connectivity index (χ4v) is 3.11. The van der Waals surface area contributed by atoms with Crippen molar-refractivity contribution < 1.29 is 4.79 Å². The molecule has 3 rings (SSSR count). The Morgan fingerprint density at radius 2 is 2.33 bits per heavy atom. The highest BCUT2D eigenvalue weighted by molar-refractivity contribution is 6.00. The van der Waals surface area contributed by atoms with Crippen LogP contribution in [0, 0.1) is 0 Å². The highest BCUT2D eigenvalue weighted by atomic mass is 16.2. The number of likely N-dealkylation sites (tertiary alicyclic amines) is 1. The maximum Gasteiger partial charge on any atom is 0.270 e. The number of nitrogens with zero attached hydrogens (tertiary/aromatic N) is 2. The van der Waals surface area contributed by atoms with Crippen molar-refractivity contribution in [2.75, 3.05) is 32.9 Å². The van der Waals surface area contributed by atoms with Crippen molar-refractivity contribution in [2.24, 2.45) is 0 Å². The van der Waals surface area contributed by atoms with Gasteiger partial charge in [-0.3, -0.25) is 4.79 Å². The molecule has 1 aliphatic heterocycles. The molecule has 3 N–H and O–H groups in total. The smallest absolute Gasteiger partial charge is 0.270 e. The topological polar surface area (TPSA) is 65.4 Å². The minimum absolute atomic E-state index is 0.0194. The molecule has 2 aromatic rings. The molecule has 1 saturated heterocycles. The maximum atomic E-state index is 12.6. The second kappa shape index (κ2) is 5.41. The summed E-state index contributed by atoms with van der Waals surface area (Å²) in [4.78, 5) is 19.8. The van der Waals surface area contributed by atoms with Crippen molar-refractivity contribution >= 4 is 22.5 Å². The fourth-order valence-electron chi connectivity index (χ4n) is 3.11. The molecular weight excluding hydrogens is 264 g/mol. The SMILES string of the molecule is CN(CC1CCCN1C)C(=O)c1cc2cccc(N)c2[nH]1. The number of anilines is 1. The standard InChI is InChI=1S/C16H22N4O/c1-19-8-4-6-12(19)10-20(2)16(21)14-9-11-5-3-7-13(17)15(11)18-14/h3,5,7,9,12,18H,4,6,8,10,17H2,1-2H3. The van der Waals surface area contributed by atoms with E-state index in [9.17, 15) is 4.79 Å². The number of nitrogens with one attached hydrogen (secondary N) is 1. The average Bonchev–Trinajstić information content (AvgIpc) is 3.06. The van der Waals surface area contributed by atoms with Gasteiger partial charge in [0, 0.05) is 25.0 Å². The molecule has 0 bridgehead atoms. The molecule has 1 fully saturated rings. The number of H-pyrrole nitrogens is 1. The number of likely N-dealkylation sites (N-methyl/N-ethyl adjacent to an activating group) is 2. The van der Waals surface area contributed by atoms with Crippen molar-refractivity contribution in [1.82, 2.24) is 14.8 Å². The third kappa shape index (κ3) is 2.61. The van der Waals surface area contributed by atoms with Gasteiger partial charge in [-0.15, -0.1) is 0 Å². The van der Waals surface area contributed by atoms with Crippen LogP contribution in [-0.4, -0.2) is 53.9 Å². The largest absolute Gasteiger partial charge is 0.397 e. The lowest BCUT2D eigenvalue weighted by atomic mass is 10.2. The average molecular weight is 286 g/mol. The third-order valence-corrected chi connectivity index (χ3v) is 4.42. The molecule has 1 amide bonds. The van der Waals surface area contributed by atoms with Gasteiger partial charge < -0.3 is 20.5 Å². The van der Waals surface area contributed by atoms with Crippen LogP contribution in [-0.2, 0) is 0 Å². The van der Waals surface area contributed by atoms with E-state index >= 15 is 0 Å². The van der Waals surface area contributed by atoms with Gasteiger partial charge in [-0.1, -0.05) is 12.1 Å². The van der Waals surface area contributed by atoms with Gasteiger partial charge in [0.05, 0.1) is 11.2 Å². The van der Waals surface area contributed by atoms with Crippen molar-refractivity contribution in [3.63, 3.8) is 0 Å². The number of aromatic amines is 1. The molecule has 2 heterocycles. The molecule has 0 radical (unpaired) electrons. The van der Waals surface area contributed by atoms with E-state index < -0.39 is 0 Å². The zero-order valence-corrected chi connectivity index (χ0v) is 12.6. The zero-order chi connectivity index (χ0) is 15.0.